The number of hydrogen-bond donors (Lipinski definition) is 0. The van der Waals surface area contributed by atoms with Gasteiger partial charge in [0, 0.05) is 29.7 Å². The summed E-state index contributed by atoms with van der Waals surface area (Å²) in [6.45, 7) is 3.17. The van der Waals surface area contributed by atoms with Crippen LogP contribution in [0.5, 0.6) is 0 Å². The largest absolute Gasteiger partial charge is 0.353 e. The molecule has 0 bridgehead atoms. The average molecular weight is 298 g/mol. The lowest BCUT2D eigenvalue weighted by Crippen LogP contribution is -2.35. The van der Waals surface area contributed by atoms with Gasteiger partial charge in [-0.2, -0.15) is 0 Å². The van der Waals surface area contributed by atoms with Crippen LogP contribution in [0.1, 0.15) is 38.3 Å². The highest BCUT2D eigenvalue weighted by Gasteiger charge is 2.23. The van der Waals surface area contributed by atoms with Crippen molar-refractivity contribution in [2.45, 2.75) is 45.1 Å². The molecule has 1 aliphatic carbocycles. The van der Waals surface area contributed by atoms with Gasteiger partial charge in [-0.1, -0.05) is 35.7 Å². The Morgan fingerprint density at radius 2 is 2.12 bits per heavy atom. The van der Waals surface area contributed by atoms with Gasteiger partial charge in [-0.15, -0.1) is 0 Å². The first kappa shape index (κ1) is 12.8. The number of alkyl halides is 1. The van der Waals surface area contributed by atoms with Crippen molar-refractivity contribution in [3.8, 4) is 0 Å². The summed E-state index contributed by atoms with van der Waals surface area (Å²) in [5.74, 6) is 1.10. The van der Waals surface area contributed by atoms with Gasteiger partial charge >= 0.3 is 0 Å². The molecule has 0 aromatic carbocycles. The summed E-state index contributed by atoms with van der Waals surface area (Å²) in [5, 5.41) is 0.995. The molecule has 1 saturated carbocycles. The number of hydrogen-bond acceptors (Lipinski definition) is 3. The van der Waals surface area contributed by atoms with E-state index in [4.69, 9.17) is 0 Å². The Balaban J connectivity index is 2.18. The van der Waals surface area contributed by atoms with E-state index in [0.29, 0.717) is 6.04 Å². The zero-order chi connectivity index (χ0) is 12.1. The molecule has 4 heteroatoms. The van der Waals surface area contributed by atoms with Crippen LogP contribution in [0.4, 0.5) is 5.82 Å². The van der Waals surface area contributed by atoms with Gasteiger partial charge in [0.25, 0.3) is 0 Å². The first-order valence-corrected chi connectivity index (χ1v) is 7.60. The second kappa shape index (κ2) is 6.34. The third-order valence-corrected chi connectivity index (χ3v) is 3.81. The predicted octanol–water partition coefficient (Wildman–Crippen LogP) is 3.18. The summed E-state index contributed by atoms with van der Waals surface area (Å²) in [4.78, 5) is 11.2. The Hall–Kier alpha value is -0.640. The van der Waals surface area contributed by atoms with Gasteiger partial charge in [0.05, 0.1) is 0 Å². The summed E-state index contributed by atoms with van der Waals surface area (Å²) < 4.78 is 0. The number of halogens is 1. The molecule has 0 N–H and O–H groups in total. The molecule has 1 aromatic rings. The van der Waals surface area contributed by atoms with Gasteiger partial charge in [0.15, 0.2) is 0 Å². The van der Waals surface area contributed by atoms with Gasteiger partial charge < -0.3 is 4.90 Å². The van der Waals surface area contributed by atoms with Crippen LogP contribution < -0.4 is 4.90 Å². The van der Waals surface area contributed by atoms with Crippen molar-refractivity contribution in [2.75, 3.05) is 16.8 Å². The standard InChI is InChI=1S/C13H20BrN3/c1-2-11-9-13(16-10-15-11)17(8-7-14)12-5-3-4-6-12/h9-10,12H,2-8H2,1H3. The Bertz CT molecular complexity index is 350. The van der Waals surface area contributed by atoms with Crippen LogP contribution in [-0.2, 0) is 6.42 Å². The molecule has 1 fully saturated rings. The average Bonchev–Trinajstić information content (AvgIpc) is 2.89. The molecule has 0 amide bonds. The van der Waals surface area contributed by atoms with E-state index in [1.165, 1.54) is 25.7 Å². The SMILES string of the molecule is CCc1cc(N(CCBr)C2CCCC2)ncn1. The molecule has 0 unspecified atom stereocenters. The summed E-state index contributed by atoms with van der Waals surface area (Å²) in [7, 11) is 0. The van der Waals surface area contributed by atoms with E-state index >= 15 is 0 Å². The highest BCUT2D eigenvalue weighted by Crippen LogP contribution is 2.27. The number of anilines is 1. The molecule has 94 valence electrons. The van der Waals surface area contributed by atoms with E-state index in [1.54, 1.807) is 6.33 Å². The number of nitrogens with zero attached hydrogens (tertiary/aromatic N) is 3. The second-order valence-corrected chi connectivity index (χ2v) is 5.33. The summed E-state index contributed by atoms with van der Waals surface area (Å²) >= 11 is 3.54. The molecule has 3 nitrogen and oxygen atoms in total. The fourth-order valence-electron chi connectivity index (χ4n) is 2.53. The third-order valence-electron chi connectivity index (χ3n) is 3.46. The highest BCUT2D eigenvalue weighted by atomic mass is 79.9. The Labute approximate surface area is 112 Å². The van der Waals surface area contributed by atoms with Crippen LogP contribution in [0.15, 0.2) is 12.4 Å². The zero-order valence-corrected chi connectivity index (χ0v) is 12.0. The predicted molar refractivity (Wildman–Crippen MR) is 74.8 cm³/mol. The second-order valence-electron chi connectivity index (χ2n) is 4.54. The molecule has 0 radical (unpaired) electrons. The first-order chi connectivity index (χ1) is 8.35. The van der Waals surface area contributed by atoms with Crippen molar-refractivity contribution in [2.24, 2.45) is 0 Å². The lowest BCUT2D eigenvalue weighted by Gasteiger charge is -2.29. The molecule has 1 heterocycles. The van der Waals surface area contributed by atoms with Gasteiger partial charge in [-0.25, -0.2) is 9.97 Å². The van der Waals surface area contributed by atoms with E-state index in [9.17, 15) is 0 Å². The minimum absolute atomic E-state index is 0.673. The van der Waals surface area contributed by atoms with Crippen LogP contribution in [0.2, 0.25) is 0 Å². The normalized spacial score (nSPS) is 16.4. The zero-order valence-electron chi connectivity index (χ0n) is 10.4. The van der Waals surface area contributed by atoms with E-state index < -0.39 is 0 Å². The van der Waals surface area contributed by atoms with Crippen LogP contribution in [0, 0.1) is 0 Å². The molecule has 0 saturated heterocycles. The van der Waals surface area contributed by atoms with E-state index in [1.807, 2.05) is 0 Å². The fourth-order valence-corrected chi connectivity index (χ4v) is 2.91. The Morgan fingerprint density at radius 1 is 1.35 bits per heavy atom. The van der Waals surface area contributed by atoms with Gasteiger partial charge in [-0.05, 0) is 19.3 Å². The topological polar surface area (TPSA) is 29.0 Å². The molecule has 0 spiro atoms. The molecule has 1 aromatic heterocycles. The molecular weight excluding hydrogens is 278 g/mol. The van der Waals surface area contributed by atoms with Gasteiger partial charge in [0.2, 0.25) is 0 Å². The minimum atomic E-state index is 0.673. The number of aromatic nitrogens is 2. The molecule has 2 rings (SSSR count). The minimum Gasteiger partial charge on any atom is -0.353 e. The maximum atomic E-state index is 4.44. The fraction of sp³-hybridized carbons (Fsp3) is 0.692. The maximum absolute atomic E-state index is 4.44. The van der Waals surface area contributed by atoms with Crippen LogP contribution >= 0.6 is 15.9 Å². The van der Waals surface area contributed by atoms with Gasteiger partial charge in [0.1, 0.15) is 12.1 Å². The van der Waals surface area contributed by atoms with Crippen molar-refractivity contribution in [3.63, 3.8) is 0 Å². The summed E-state index contributed by atoms with van der Waals surface area (Å²) in [6, 6.07) is 2.81. The smallest absolute Gasteiger partial charge is 0.132 e. The van der Waals surface area contributed by atoms with E-state index in [-0.39, 0.29) is 0 Å². The molecule has 17 heavy (non-hydrogen) atoms. The van der Waals surface area contributed by atoms with E-state index in [0.717, 1.165) is 29.8 Å². The number of rotatable bonds is 5. The van der Waals surface area contributed by atoms with Crippen molar-refractivity contribution in [1.29, 1.82) is 0 Å². The first-order valence-electron chi connectivity index (χ1n) is 6.48. The monoisotopic (exact) mass is 297 g/mol. The summed E-state index contributed by atoms with van der Waals surface area (Å²) in [6.07, 6.45) is 7.99. The lowest BCUT2D eigenvalue weighted by molar-refractivity contribution is 0.614. The van der Waals surface area contributed by atoms with Crippen LogP contribution in [0.25, 0.3) is 0 Å². The number of aryl methyl sites for hydroxylation is 1. The van der Waals surface area contributed by atoms with Crippen molar-refractivity contribution in [1.82, 2.24) is 9.97 Å². The van der Waals surface area contributed by atoms with Crippen LogP contribution in [0.3, 0.4) is 0 Å². The van der Waals surface area contributed by atoms with Gasteiger partial charge in [-0.3, -0.25) is 0 Å². The van der Waals surface area contributed by atoms with Crippen molar-refractivity contribution < 1.29 is 0 Å². The molecule has 1 aliphatic rings. The third kappa shape index (κ3) is 3.18. The maximum Gasteiger partial charge on any atom is 0.132 e. The quantitative estimate of drug-likeness (QED) is 0.782. The highest BCUT2D eigenvalue weighted by molar-refractivity contribution is 9.09. The molecule has 0 aliphatic heterocycles. The van der Waals surface area contributed by atoms with Crippen molar-refractivity contribution in [3.05, 3.63) is 18.1 Å². The molecule has 0 atom stereocenters. The Kier molecular flexibility index (Phi) is 4.77. The van der Waals surface area contributed by atoms with E-state index in [2.05, 4.69) is 43.8 Å². The lowest BCUT2D eigenvalue weighted by atomic mass is 10.2. The Morgan fingerprint density at radius 3 is 2.76 bits per heavy atom. The summed E-state index contributed by atoms with van der Waals surface area (Å²) in [5.41, 5.74) is 1.13. The van der Waals surface area contributed by atoms with Crippen molar-refractivity contribution >= 4 is 21.7 Å². The molecular formula is C13H20BrN3. The van der Waals surface area contributed by atoms with Crippen LogP contribution in [-0.4, -0.2) is 27.9 Å².